The van der Waals surface area contributed by atoms with Gasteiger partial charge in [0.25, 0.3) is 0 Å². The van der Waals surface area contributed by atoms with Crippen LogP contribution in [0.2, 0.25) is 0 Å². The minimum Gasteiger partial charge on any atom is -0.496 e. The average molecular weight is 293 g/mol. The number of nitrogens with one attached hydrogen (secondary N) is 1. The van der Waals surface area contributed by atoms with Crippen LogP contribution in [0.25, 0.3) is 0 Å². The van der Waals surface area contributed by atoms with Crippen LogP contribution in [-0.4, -0.2) is 43.9 Å². The van der Waals surface area contributed by atoms with Crippen LogP contribution in [-0.2, 0) is 19.7 Å². The Morgan fingerprint density at radius 2 is 2.00 bits per heavy atom. The van der Waals surface area contributed by atoms with E-state index in [1.54, 1.807) is 7.11 Å². The summed E-state index contributed by atoms with van der Waals surface area (Å²) in [6.07, 6.45) is 0.413. The van der Waals surface area contributed by atoms with Crippen molar-refractivity contribution >= 4 is 11.9 Å². The summed E-state index contributed by atoms with van der Waals surface area (Å²) in [6, 6.07) is 7.40. The molecule has 0 heterocycles. The molecule has 0 saturated heterocycles. The molecule has 0 aromatic heterocycles. The Labute approximate surface area is 123 Å². The molecule has 1 aliphatic carbocycles. The maximum Gasteiger partial charge on any atom is 0.334 e. The number of benzene rings is 1. The van der Waals surface area contributed by atoms with Gasteiger partial charge in [-0.2, -0.15) is 0 Å². The predicted molar refractivity (Wildman–Crippen MR) is 75.3 cm³/mol. The third-order valence-corrected chi connectivity index (χ3v) is 3.82. The highest BCUT2D eigenvalue weighted by Gasteiger charge is 2.52. The van der Waals surface area contributed by atoms with Gasteiger partial charge in [-0.05, 0) is 18.9 Å². The summed E-state index contributed by atoms with van der Waals surface area (Å²) in [7, 11) is 2.87. The SMILES string of the molecule is COc1ccccc1C1(C(=O)NCC(OC)C(=O)O)CC1. The molecule has 1 amide bonds. The summed E-state index contributed by atoms with van der Waals surface area (Å²) in [5, 5.41) is 11.6. The fraction of sp³-hybridized carbons (Fsp3) is 0.467. The first-order valence-electron chi connectivity index (χ1n) is 6.72. The number of hydrogen-bond donors (Lipinski definition) is 2. The fourth-order valence-electron chi connectivity index (χ4n) is 2.41. The molecular formula is C15H19NO5. The number of carbonyl (C=O) groups excluding carboxylic acids is 1. The monoisotopic (exact) mass is 293 g/mol. The molecule has 21 heavy (non-hydrogen) atoms. The van der Waals surface area contributed by atoms with Crippen molar-refractivity contribution in [2.45, 2.75) is 24.4 Å². The van der Waals surface area contributed by atoms with Gasteiger partial charge < -0.3 is 19.9 Å². The van der Waals surface area contributed by atoms with Crippen LogP contribution >= 0.6 is 0 Å². The largest absolute Gasteiger partial charge is 0.496 e. The topological polar surface area (TPSA) is 84.9 Å². The number of carboxylic acids is 1. The number of carboxylic acid groups (broad SMARTS) is 1. The minimum absolute atomic E-state index is 0.0540. The molecule has 0 aliphatic heterocycles. The number of para-hydroxylation sites is 1. The van der Waals surface area contributed by atoms with Crippen LogP contribution in [0.3, 0.4) is 0 Å². The third-order valence-electron chi connectivity index (χ3n) is 3.82. The number of amides is 1. The highest BCUT2D eigenvalue weighted by molar-refractivity contribution is 5.92. The lowest BCUT2D eigenvalue weighted by atomic mass is 9.94. The van der Waals surface area contributed by atoms with E-state index in [2.05, 4.69) is 5.32 Å². The van der Waals surface area contributed by atoms with Crippen molar-refractivity contribution in [1.29, 1.82) is 0 Å². The second-order valence-corrected chi connectivity index (χ2v) is 5.05. The second kappa shape index (κ2) is 6.13. The minimum atomic E-state index is -1.10. The summed E-state index contributed by atoms with van der Waals surface area (Å²) >= 11 is 0. The van der Waals surface area contributed by atoms with E-state index in [1.165, 1.54) is 7.11 Å². The van der Waals surface area contributed by atoms with Gasteiger partial charge in [0, 0.05) is 12.7 Å². The van der Waals surface area contributed by atoms with Crippen molar-refractivity contribution < 1.29 is 24.2 Å². The lowest BCUT2D eigenvalue weighted by molar-refractivity contribution is -0.148. The van der Waals surface area contributed by atoms with Gasteiger partial charge in [0.15, 0.2) is 6.10 Å². The molecule has 1 saturated carbocycles. The molecule has 1 aliphatic rings. The van der Waals surface area contributed by atoms with E-state index in [0.29, 0.717) is 5.75 Å². The second-order valence-electron chi connectivity index (χ2n) is 5.05. The van der Waals surface area contributed by atoms with Crippen molar-refractivity contribution in [2.75, 3.05) is 20.8 Å². The molecule has 1 unspecified atom stereocenters. The number of aliphatic carboxylic acids is 1. The third kappa shape index (κ3) is 3.00. The Morgan fingerprint density at radius 3 is 2.52 bits per heavy atom. The van der Waals surface area contributed by atoms with Gasteiger partial charge in [-0.15, -0.1) is 0 Å². The number of methoxy groups -OCH3 is 2. The van der Waals surface area contributed by atoms with Crippen molar-refractivity contribution in [3.8, 4) is 5.75 Å². The summed E-state index contributed by atoms with van der Waals surface area (Å²) in [4.78, 5) is 23.3. The highest BCUT2D eigenvalue weighted by atomic mass is 16.5. The first kappa shape index (κ1) is 15.3. The zero-order valence-corrected chi connectivity index (χ0v) is 12.1. The van der Waals surface area contributed by atoms with E-state index >= 15 is 0 Å². The Hall–Kier alpha value is -2.08. The van der Waals surface area contributed by atoms with Crippen molar-refractivity contribution in [1.82, 2.24) is 5.32 Å². The molecule has 6 nitrogen and oxygen atoms in total. The molecule has 6 heteroatoms. The molecule has 0 bridgehead atoms. The molecule has 0 spiro atoms. The van der Waals surface area contributed by atoms with E-state index in [4.69, 9.17) is 14.6 Å². The van der Waals surface area contributed by atoms with Gasteiger partial charge in [0.05, 0.1) is 19.1 Å². The van der Waals surface area contributed by atoms with Crippen LogP contribution in [0.1, 0.15) is 18.4 Å². The molecular weight excluding hydrogens is 274 g/mol. The number of rotatable bonds is 7. The average Bonchev–Trinajstić information content (AvgIpc) is 3.29. The van der Waals surface area contributed by atoms with Gasteiger partial charge in [-0.25, -0.2) is 4.79 Å². The predicted octanol–water partition coefficient (Wildman–Crippen LogP) is 0.943. The first-order chi connectivity index (χ1) is 10.0. The number of ether oxygens (including phenoxy) is 2. The zero-order valence-electron chi connectivity index (χ0n) is 12.1. The summed E-state index contributed by atoms with van der Waals surface area (Å²) in [5.41, 5.74) is 0.234. The Kier molecular flexibility index (Phi) is 4.47. The van der Waals surface area contributed by atoms with E-state index in [9.17, 15) is 9.59 Å². The van der Waals surface area contributed by atoms with Gasteiger partial charge >= 0.3 is 5.97 Å². The summed E-state index contributed by atoms with van der Waals surface area (Å²) < 4.78 is 10.1. The molecule has 1 atom stereocenters. The van der Waals surface area contributed by atoms with Crippen LogP contribution < -0.4 is 10.1 Å². The first-order valence-corrected chi connectivity index (χ1v) is 6.72. The Bertz CT molecular complexity index is 539. The maximum absolute atomic E-state index is 12.4. The van der Waals surface area contributed by atoms with Crippen LogP contribution in [0.4, 0.5) is 0 Å². The van der Waals surface area contributed by atoms with Gasteiger partial charge in [-0.1, -0.05) is 18.2 Å². The van der Waals surface area contributed by atoms with Gasteiger partial charge in [0.1, 0.15) is 5.75 Å². The van der Waals surface area contributed by atoms with E-state index in [-0.39, 0.29) is 12.5 Å². The van der Waals surface area contributed by atoms with E-state index < -0.39 is 17.5 Å². The molecule has 1 aromatic rings. The summed E-state index contributed by atoms with van der Waals surface area (Å²) in [5.74, 6) is -0.609. The van der Waals surface area contributed by atoms with Gasteiger partial charge in [-0.3, -0.25) is 4.79 Å². The molecule has 1 fully saturated rings. The normalized spacial score (nSPS) is 16.9. The highest BCUT2D eigenvalue weighted by Crippen LogP contribution is 2.51. The molecule has 1 aromatic carbocycles. The smallest absolute Gasteiger partial charge is 0.334 e. The van der Waals surface area contributed by atoms with E-state index in [0.717, 1.165) is 18.4 Å². The zero-order chi connectivity index (χ0) is 15.5. The number of hydrogen-bond acceptors (Lipinski definition) is 4. The Morgan fingerprint density at radius 1 is 1.33 bits per heavy atom. The van der Waals surface area contributed by atoms with Crippen molar-refractivity contribution in [3.05, 3.63) is 29.8 Å². The Balaban J connectivity index is 2.10. The molecule has 0 radical (unpaired) electrons. The van der Waals surface area contributed by atoms with Crippen LogP contribution in [0.5, 0.6) is 5.75 Å². The van der Waals surface area contributed by atoms with Gasteiger partial charge in [0.2, 0.25) is 5.91 Å². The van der Waals surface area contributed by atoms with Crippen LogP contribution in [0, 0.1) is 0 Å². The maximum atomic E-state index is 12.4. The molecule has 2 N–H and O–H groups in total. The van der Waals surface area contributed by atoms with Crippen molar-refractivity contribution in [3.63, 3.8) is 0 Å². The van der Waals surface area contributed by atoms with Crippen molar-refractivity contribution in [2.24, 2.45) is 0 Å². The van der Waals surface area contributed by atoms with E-state index in [1.807, 2.05) is 24.3 Å². The fourth-order valence-corrected chi connectivity index (χ4v) is 2.41. The number of carbonyl (C=O) groups is 2. The lowest BCUT2D eigenvalue weighted by Gasteiger charge is -2.19. The lowest BCUT2D eigenvalue weighted by Crippen LogP contribution is -2.42. The van der Waals surface area contributed by atoms with Crippen LogP contribution in [0.15, 0.2) is 24.3 Å². The standard InChI is InChI=1S/C15H19NO5/c1-20-11-6-4-3-5-10(11)15(7-8-15)14(19)16-9-12(21-2)13(17)18/h3-6,12H,7-9H2,1-2H3,(H,16,19)(H,17,18). The molecule has 114 valence electrons. The molecule has 2 rings (SSSR count). The summed E-state index contributed by atoms with van der Waals surface area (Å²) in [6.45, 7) is -0.0540. The quantitative estimate of drug-likeness (QED) is 0.781.